The molecule has 4 unspecified atom stereocenters. The number of carboxylic acid groups (broad SMARTS) is 1. The molecule has 9 N–H and O–H groups in total. The summed E-state index contributed by atoms with van der Waals surface area (Å²) in [6.45, 7) is 2.43. The molecule has 172 valence electrons. The smallest absolute Gasteiger partial charge is 0.328 e. The van der Waals surface area contributed by atoms with Gasteiger partial charge < -0.3 is 37.6 Å². The monoisotopic (exact) mass is 449 g/mol. The van der Waals surface area contributed by atoms with E-state index in [0.29, 0.717) is 12.2 Å². The summed E-state index contributed by atoms with van der Waals surface area (Å²) in [5.41, 5.74) is 10.9. The fraction of sp³-hybridized carbons (Fsp3) is 0.706. The van der Waals surface area contributed by atoms with Crippen molar-refractivity contribution in [2.75, 3.05) is 18.6 Å². The molecule has 0 aliphatic rings. The molecule has 0 aromatic carbocycles. The lowest BCUT2D eigenvalue weighted by atomic mass is 10.0. The molecule has 0 spiro atoms. The Hall–Kier alpha value is -2.38. The van der Waals surface area contributed by atoms with Crippen LogP contribution in [0.25, 0.3) is 0 Å². The van der Waals surface area contributed by atoms with Crippen molar-refractivity contribution < 1.29 is 34.2 Å². The van der Waals surface area contributed by atoms with Gasteiger partial charge in [0.2, 0.25) is 23.6 Å². The maximum absolute atomic E-state index is 12.7. The Labute approximate surface area is 178 Å². The maximum Gasteiger partial charge on any atom is 0.328 e. The SMILES string of the molecule is CSCCC(N)C(=O)NC(C(=O)NC(CC(N)=O)C(=O)NC(CO)C(=O)O)C(C)C. The van der Waals surface area contributed by atoms with E-state index in [9.17, 15) is 24.0 Å². The number of carboxylic acids is 1. The van der Waals surface area contributed by atoms with Gasteiger partial charge in [0, 0.05) is 0 Å². The Kier molecular flexibility index (Phi) is 12.7. The number of carbonyl (C=O) groups excluding carboxylic acids is 4. The molecule has 0 rings (SSSR count). The van der Waals surface area contributed by atoms with Crippen molar-refractivity contribution in [2.45, 2.75) is 50.9 Å². The first-order chi connectivity index (χ1) is 13.9. The van der Waals surface area contributed by atoms with Crippen LogP contribution in [0.15, 0.2) is 0 Å². The number of rotatable bonds is 14. The molecule has 13 heteroatoms. The van der Waals surface area contributed by atoms with Gasteiger partial charge in [-0.05, 0) is 24.3 Å². The average Bonchev–Trinajstić information content (AvgIpc) is 2.66. The van der Waals surface area contributed by atoms with Crippen molar-refractivity contribution in [1.29, 1.82) is 0 Å². The Balaban J connectivity index is 5.31. The molecular weight excluding hydrogens is 418 g/mol. The van der Waals surface area contributed by atoms with Crippen LogP contribution in [0.3, 0.4) is 0 Å². The van der Waals surface area contributed by atoms with Gasteiger partial charge in [-0.25, -0.2) is 4.79 Å². The van der Waals surface area contributed by atoms with Gasteiger partial charge in [0.1, 0.15) is 18.1 Å². The number of thioether (sulfide) groups is 1. The quantitative estimate of drug-likeness (QED) is 0.145. The third-order valence-corrected chi connectivity index (χ3v) is 4.70. The number of carbonyl (C=O) groups is 5. The van der Waals surface area contributed by atoms with E-state index in [-0.39, 0.29) is 5.92 Å². The van der Waals surface area contributed by atoms with Crippen molar-refractivity contribution in [1.82, 2.24) is 16.0 Å². The van der Waals surface area contributed by atoms with E-state index in [1.54, 1.807) is 13.8 Å². The van der Waals surface area contributed by atoms with Gasteiger partial charge in [0.25, 0.3) is 0 Å². The number of amides is 4. The van der Waals surface area contributed by atoms with E-state index in [1.807, 2.05) is 11.6 Å². The molecule has 0 aliphatic carbocycles. The third kappa shape index (κ3) is 9.89. The first-order valence-corrected chi connectivity index (χ1v) is 10.6. The molecule has 0 bridgehead atoms. The lowest BCUT2D eigenvalue weighted by Gasteiger charge is -2.26. The minimum Gasteiger partial charge on any atom is -0.480 e. The number of hydrogen-bond donors (Lipinski definition) is 7. The molecule has 0 heterocycles. The standard InChI is InChI=1S/C17H31N5O7S/c1-8(2)13(22-14(25)9(18)4-5-30-3)16(27)20-10(6-12(19)24)15(26)21-11(7-23)17(28)29/h8-11,13,23H,4-7,18H2,1-3H3,(H2,19,24)(H,20,27)(H,21,26)(H,22,25)(H,28,29). The van der Waals surface area contributed by atoms with Gasteiger partial charge in [-0.15, -0.1) is 0 Å². The fourth-order valence-electron chi connectivity index (χ4n) is 2.30. The highest BCUT2D eigenvalue weighted by atomic mass is 32.2. The van der Waals surface area contributed by atoms with Gasteiger partial charge in [-0.3, -0.25) is 19.2 Å². The summed E-state index contributed by atoms with van der Waals surface area (Å²) in [6.07, 6.45) is 1.66. The molecule has 0 fully saturated rings. The summed E-state index contributed by atoms with van der Waals surface area (Å²) < 4.78 is 0. The van der Waals surface area contributed by atoms with Crippen LogP contribution < -0.4 is 27.4 Å². The Morgan fingerprint density at radius 2 is 1.53 bits per heavy atom. The molecular formula is C17H31N5O7S. The van der Waals surface area contributed by atoms with Crippen molar-refractivity contribution >= 4 is 41.4 Å². The van der Waals surface area contributed by atoms with Crippen LogP contribution in [0, 0.1) is 5.92 Å². The Bertz CT molecular complexity index is 632. The summed E-state index contributed by atoms with van der Waals surface area (Å²) in [5.74, 6) is -4.48. The second-order valence-corrected chi connectivity index (χ2v) is 7.92. The van der Waals surface area contributed by atoms with Gasteiger partial charge in [-0.1, -0.05) is 13.8 Å². The first kappa shape index (κ1) is 27.6. The Morgan fingerprint density at radius 1 is 0.967 bits per heavy atom. The largest absolute Gasteiger partial charge is 0.480 e. The van der Waals surface area contributed by atoms with E-state index < -0.39 is 66.8 Å². The number of aliphatic carboxylic acids is 1. The van der Waals surface area contributed by atoms with Crippen LogP contribution in [0.5, 0.6) is 0 Å². The fourth-order valence-corrected chi connectivity index (χ4v) is 2.79. The molecule has 4 atom stereocenters. The Morgan fingerprint density at radius 3 is 1.97 bits per heavy atom. The van der Waals surface area contributed by atoms with Crippen molar-refractivity contribution in [3.8, 4) is 0 Å². The van der Waals surface area contributed by atoms with Crippen molar-refractivity contribution in [2.24, 2.45) is 17.4 Å². The van der Waals surface area contributed by atoms with E-state index in [0.717, 1.165) is 0 Å². The lowest BCUT2D eigenvalue weighted by Crippen LogP contribution is -2.59. The first-order valence-electron chi connectivity index (χ1n) is 9.22. The minimum atomic E-state index is -1.63. The molecule has 4 amide bonds. The number of primary amides is 1. The predicted molar refractivity (Wildman–Crippen MR) is 110 cm³/mol. The summed E-state index contributed by atoms with van der Waals surface area (Å²) in [5, 5.41) is 24.8. The van der Waals surface area contributed by atoms with Crippen LogP contribution in [0.1, 0.15) is 26.7 Å². The number of nitrogens with one attached hydrogen (secondary N) is 3. The highest BCUT2D eigenvalue weighted by Gasteiger charge is 2.32. The molecule has 30 heavy (non-hydrogen) atoms. The zero-order valence-electron chi connectivity index (χ0n) is 17.2. The molecule has 0 aromatic rings. The van der Waals surface area contributed by atoms with E-state index >= 15 is 0 Å². The lowest BCUT2D eigenvalue weighted by molar-refractivity contribution is -0.143. The van der Waals surface area contributed by atoms with Crippen molar-refractivity contribution in [3.63, 3.8) is 0 Å². The predicted octanol–water partition coefficient (Wildman–Crippen LogP) is -2.87. The van der Waals surface area contributed by atoms with Gasteiger partial charge >= 0.3 is 5.97 Å². The number of hydrogen-bond acceptors (Lipinski definition) is 8. The zero-order chi connectivity index (χ0) is 23.4. The summed E-state index contributed by atoms with van der Waals surface area (Å²) in [4.78, 5) is 59.5. The molecule has 0 saturated heterocycles. The summed E-state index contributed by atoms with van der Waals surface area (Å²) >= 11 is 1.52. The summed E-state index contributed by atoms with van der Waals surface area (Å²) in [6, 6.07) is -5.00. The molecule has 0 aliphatic heterocycles. The second-order valence-electron chi connectivity index (χ2n) is 6.93. The topological polar surface area (TPSA) is 214 Å². The average molecular weight is 450 g/mol. The van der Waals surface area contributed by atoms with Crippen LogP contribution in [-0.4, -0.2) is 82.6 Å². The maximum atomic E-state index is 12.7. The molecule has 0 saturated carbocycles. The molecule has 0 aromatic heterocycles. The number of nitrogens with two attached hydrogens (primary N) is 2. The molecule has 0 radical (unpaired) electrons. The zero-order valence-corrected chi connectivity index (χ0v) is 18.0. The van der Waals surface area contributed by atoms with Gasteiger partial charge in [0.05, 0.1) is 19.1 Å². The van der Waals surface area contributed by atoms with E-state index in [4.69, 9.17) is 21.7 Å². The minimum absolute atomic E-state index is 0.386. The number of aliphatic hydroxyl groups excluding tert-OH is 1. The summed E-state index contributed by atoms with van der Waals surface area (Å²) in [7, 11) is 0. The third-order valence-electron chi connectivity index (χ3n) is 4.05. The van der Waals surface area contributed by atoms with Crippen LogP contribution in [-0.2, 0) is 24.0 Å². The van der Waals surface area contributed by atoms with Gasteiger partial charge in [-0.2, -0.15) is 11.8 Å². The van der Waals surface area contributed by atoms with Crippen molar-refractivity contribution in [3.05, 3.63) is 0 Å². The van der Waals surface area contributed by atoms with Crippen LogP contribution >= 0.6 is 11.8 Å². The van der Waals surface area contributed by atoms with E-state index in [2.05, 4.69) is 10.6 Å². The highest BCUT2D eigenvalue weighted by molar-refractivity contribution is 7.98. The van der Waals surface area contributed by atoms with E-state index in [1.165, 1.54) is 11.8 Å². The molecule has 12 nitrogen and oxygen atoms in total. The second kappa shape index (κ2) is 13.8. The van der Waals surface area contributed by atoms with Crippen LogP contribution in [0.2, 0.25) is 0 Å². The normalized spacial score (nSPS) is 14.9. The number of aliphatic hydroxyl groups is 1. The highest BCUT2D eigenvalue weighted by Crippen LogP contribution is 2.06. The van der Waals surface area contributed by atoms with Gasteiger partial charge in [0.15, 0.2) is 0 Å². The van der Waals surface area contributed by atoms with Crippen LogP contribution in [0.4, 0.5) is 0 Å².